The average Bonchev–Trinajstić information content (AvgIpc) is 2.76. The second-order valence-electron chi connectivity index (χ2n) is 10.2. The van der Waals surface area contributed by atoms with Crippen LogP contribution in [0.25, 0.3) is 0 Å². The molecule has 3 aliphatic rings. The molecular weight excluding hydrogens is 449 g/mol. The van der Waals surface area contributed by atoms with Crippen molar-refractivity contribution in [1.82, 2.24) is 0 Å². The van der Waals surface area contributed by atoms with Crippen LogP contribution in [0, 0.1) is 17.8 Å². The number of rotatable bonds is 4. The van der Waals surface area contributed by atoms with Gasteiger partial charge in [0.15, 0.2) is 0 Å². The number of alkyl halides is 7. The monoisotopic (exact) mass is 480 g/mol. The van der Waals surface area contributed by atoms with Crippen LogP contribution in [0.5, 0.6) is 0 Å². The maximum Gasteiger partial charge on any atom is 0.421 e. The molecule has 0 saturated heterocycles. The lowest BCUT2D eigenvalue weighted by atomic mass is 9.68. The maximum absolute atomic E-state index is 14.4. The van der Waals surface area contributed by atoms with Crippen LogP contribution < -0.4 is 0 Å². The summed E-state index contributed by atoms with van der Waals surface area (Å²) < 4.78 is 100. The van der Waals surface area contributed by atoms with Gasteiger partial charge in [0.25, 0.3) is 0 Å². The normalized spacial score (nSPS) is 34.0. The summed E-state index contributed by atoms with van der Waals surface area (Å²) in [6, 6.07) is 2.97. The first-order valence-electron chi connectivity index (χ1n) is 12.1. The van der Waals surface area contributed by atoms with Gasteiger partial charge in [-0.2, -0.15) is 30.7 Å². The minimum atomic E-state index is -5.61. The highest BCUT2D eigenvalue weighted by Gasteiger charge is 2.66. The molecule has 1 aromatic carbocycles. The zero-order chi connectivity index (χ0) is 24.0. The van der Waals surface area contributed by atoms with Gasteiger partial charge in [0.2, 0.25) is 6.10 Å². The van der Waals surface area contributed by atoms with Gasteiger partial charge in [0.1, 0.15) is 0 Å². The molecule has 0 amide bonds. The highest BCUT2D eigenvalue weighted by molar-refractivity contribution is 5.41. The zero-order valence-electron chi connectivity index (χ0n) is 18.7. The first-order valence-corrected chi connectivity index (χ1v) is 12.1. The number of benzene rings is 1. The molecule has 2 aliphatic carbocycles. The van der Waals surface area contributed by atoms with Gasteiger partial charge in [-0.1, -0.05) is 44.7 Å². The number of fused-ring (bicyclic) bond motifs is 1. The number of halogens is 7. The number of hydrogen-bond donors (Lipinski definition) is 0. The minimum absolute atomic E-state index is 0.0623. The first kappa shape index (κ1) is 24.8. The van der Waals surface area contributed by atoms with E-state index in [-0.39, 0.29) is 5.92 Å². The largest absolute Gasteiger partial charge is 0.421 e. The smallest absolute Gasteiger partial charge is 0.297 e. The van der Waals surface area contributed by atoms with E-state index in [0.29, 0.717) is 17.4 Å². The molecule has 0 bridgehead atoms. The highest BCUT2D eigenvalue weighted by Crippen LogP contribution is 2.54. The summed E-state index contributed by atoms with van der Waals surface area (Å²) in [5, 5.41) is 0. The van der Waals surface area contributed by atoms with E-state index in [1.807, 2.05) is 0 Å². The van der Waals surface area contributed by atoms with Crippen molar-refractivity contribution in [3.8, 4) is 0 Å². The summed E-state index contributed by atoms with van der Waals surface area (Å²) in [4.78, 5) is 0. The van der Waals surface area contributed by atoms with Gasteiger partial charge < -0.3 is 0 Å². The topological polar surface area (TPSA) is 9.23 Å². The van der Waals surface area contributed by atoms with E-state index < -0.39 is 35.4 Å². The predicted molar refractivity (Wildman–Crippen MR) is 110 cm³/mol. The Hall–Kier alpha value is -1.31. The van der Waals surface area contributed by atoms with Crippen LogP contribution in [0.4, 0.5) is 30.7 Å². The van der Waals surface area contributed by atoms with Crippen LogP contribution in [-0.4, -0.2) is 12.3 Å². The third kappa shape index (κ3) is 4.92. The molecule has 8 heteroatoms. The van der Waals surface area contributed by atoms with Gasteiger partial charge >= 0.3 is 18.2 Å². The van der Waals surface area contributed by atoms with Crippen LogP contribution in [0.1, 0.15) is 93.7 Å². The third-order valence-corrected chi connectivity index (χ3v) is 8.11. The lowest BCUT2D eigenvalue weighted by Crippen LogP contribution is -2.52. The average molecular weight is 481 g/mol. The van der Waals surface area contributed by atoms with E-state index in [1.165, 1.54) is 44.6 Å². The van der Waals surface area contributed by atoms with Crippen molar-refractivity contribution >= 4 is 0 Å². The molecule has 0 radical (unpaired) electrons. The van der Waals surface area contributed by atoms with E-state index in [1.54, 1.807) is 0 Å². The summed E-state index contributed by atoms with van der Waals surface area (Å²) in [6.45, 7) is 2.21. The summed E-state index contributed by atoms with van der Waals surface area (Å²) in [7, 11) is 0. The molecule has 2 saturated carbocycles. The SMILES string of the molecule is CCCC1CCC(C2CCC(c3ccc4c(c3)C(F)(F)OC(C(F)(F)F)C4(F)F)CC2)CC1. The van der Waals surface area contributed by atoms with Gasteiger partial charge in [-0.3, -0.25) is 4.74 Å². The summed E-state index contributed by atoms with van der Waals surface area (Å²) >= 11 is 0. The maximum atomic E-state index is 14.4. The van der Waals surface area contributed by atoms with E-state index in [0.717, 1.165) is 43.7 Å². The van der Waals surface area contributed by atoms with Crippen molar-refractivity contribution in [2.24, 2.45) is 17.8 Å². The van der Waals surface area contributed by atoms with Gasteiger partial charge in [-0.25, -0.2) is 0 Å². The number of ether oxygens (including phenoxy) is 1. The van der Waals surface area contributed by atoms with Crippen molar-refractivity contribution in [3.63, 3.8) is 0 Å². The van der Waals surface area contributed by atoms with Gasteiger partial charge in [0, 0.05) is 5.56 Å². The number of hydrogen-bond acceptors (Lipinski definition) is 1. The van der Waals surface area contributed by atoms with E-state index in [9.17, 15) is 30.7 Å². The third-order valence-electron chi connectivity index (χ3n) is 8.11. The Morgan fingerprint density at radius 1 is 0.848 bits per heavy atom. The Morgan fingerprint density at radius 2 is 1.42 bits per heavy atom. The summed E-state index contributed by atoms with van der Waals surface area (Å²) in [5.74, 6) is -2.52. The van der Waals surface area contributed by atoms with Crippen LogP contribution >= 0.6 is 0 Å². The zero-order valence-corrected chi connectivity index (χ0v) is 18.7. The van der Waals surface area contributed by atoms with Crippen LogP contribution in [0.3, 0.4) is 0 Å². The van der Waals surface area contributed by atoms with Crippen molar-refractivity contribution < 1.29 is 35.5 Å². The van der Waals surface area contributed by atoms with Crippen molar-refractivity contribution in [1.29, 1.82) is 0 Å². The Balaban J connectivity index is 1.45. The fourth-order valence-corrected chi connectivity index (χ4v) is 6.33. The van der Waals surface area contributed by atoms with Crippen LogP contribution in [-0.2, 0) is 16.8 Å². The van der Waals surface area contributed by atoms with Gasteiger partial charge in [-0.15, -0.1) is 0 Å². The quantitative estimate of drug-likeness (QED) is 0.392. The highest BCUT2D eigenvalue weighted by atomic mass is 19.4. The molecule has 1 aliphatic heterocycles. The van der Waals surface area contributed by atoms with Crippen LogP contribution in [0.2, 0.25) is 0 Å². The molecule has 0 N–H and O–H groups in total. The van der Waals surface area contributed by atoms with E-state index in [2.05, 4.69) is 11.7 Å². The Kier molecular flexibility index (Phi) is 6.80. The standard InChI is InChI=1S/C25H31F7O/c1-2-3-15-4-6-16(7-5-15)17-8-10-18(11-9-17)19-12-13-20-21(14-19)25(31,32)33-22(23(20,26)27)24(28,29)30/h12-18,22H,2-11H2,1H3. The molecule has 186 valence electrons. The molecule has 1 nitrogen and oxygen atoms in total. The van der Waals surface area contributed by atoms with E-state index in [4.69, 9.17) is 0 Å². The molecule has 1 unspecified atom stereocenters. The van der Waals surface area contributed by atoms with Crippen molar-refractivity contribution in [2.75, 3.05) is 0 Å². The van der Waals surface area contributed by atoms with Gasteiger partial charge in [-0.05, 0) is 73.8 Å². The van der Waals surface area contributed by atoms with Crippen molar-refractivity contribution in [3.05, 3.63) is 34.9 Å². The van der Waals surface area contributed by atoms with E-state index >= 15 is 0 Å². The summed E-state index contributed by atoms with van der Waals surface area (Å²) in [5.41, 5.74) is -1.98. The van der Waals surface area contributed by atoms with Gasteiger partial charge in [0.05, 0.1) is 5.56 Å². The molecule has 33 heavy (non-hydrogen) atoms. The van der Waals surface area contributed by atoms with Crippen molar-refractivity contribution in [2.45, 2.75) is 101 Å². The Morgan fingerprint density at radius 3 is 1.97 bits per heavy atom. The molecule has 1 aromatic rings. The fourth-order valence-electron chi connectivity index (χ4n) is 6.33. The lowest BCUT2D eigenvalue weighted by Gasteiger charge is -2.39. The summed E-state index contributed by atoms with van der Waals surface area (Å²) in [6.07, 6.45) is -2.94. The molecule has 4 rings (SSSR count). The second kappa shape index (κ2) is 9.04. The minimum Gasteiger partial charge on any atom is -0.297 e. The molecule has 1 heterocycles. The molecule has 2 fully saturated rings. The molecule has 1 atom stereocenters. The molecular formula is C25H31F7O. The Labute approximate surface area is 190 Å². The lowest BCUT2D eigenvalue weighted by molar-refractivity contribution is -0.386. The second-order valence-corrected chi connectivity index (χ2v) is 10.2. The predicted octanol–water partition coefficient (Wildman–Crippen LogP) is 8.67. The first-order chi connectivity index (χ1) is 15.4. The Bertz CT molecular complexity index is 819. The van der Waals surface area contributed by atoms with Crippen LogP contribution in [0.15, 0.2) is 18.2 Å². The molecule has 0 spiro atoms. The fraction of sp³-hybridized carbons (Fsp3) is 0.760. The molecule has 0 aromatic heterocycles.